The van der Waals surface area contributed by atoms with Gasteiger partial charge in [-0.15, -0.1) is 0 Å². The Hall–Kier alpha value is -2.36. The van der Waals surface area contributed by atoms with E-state index in [2.05, 4.69) is 4.98 Å². The Balaban J connectivity index is 1.81. The molecular weight excluding hydrogens is 228 g/mol. The zero-order valence-corrected chi connectivity index (χ0v) is 9.71. The van der Waals surface area contributed by atoms with E-state index < -0.39 is 0 Å². The summed E-state index contributed by atoms with van der Waals surface area (Å²) in [5.41, 5.74) is 2.71. The summed E-state index contributed by atoms with van der Waals surface area (Å²) in [7, 11) is 0. The van der Waals surface area contributed by atoms with Crippen molar-refractivity contribution in [1.82, 2.24) is 9.88 Å². The summed E-state index contributed by atoms with van der Waals surface area (Å²) in [6.07, 6.45) is 3.32. The lowest BCUT2D eigenvalue weighted by Gasteiger charge is -2.15. The van der Waals surface area contributed by atoms with Gasteiger partial charge in [0, 0.05) is 25.5 Å². The summed E-state index contributed by atoms with van der Waals surface area (Å²) < 4.78 is 0. The fourth-order valence-corrected chi connectivity index (χ4v) is 2.15. The number of carbonyl (C=O) groups excluding carboxylic acids is 1. The quantitative estimate of drug-likeness (QED) is 0.872. The molecule has 0 saturated carbocycles. The molecule has 0 unspecified atom stereocenters. The number of phenols is 1. The van der Waals surface area contributed by atoms with Crippen LogP contribution in [0.15, 0.2) is 42.7 Å². The molecule has 0 bridgehead atoms. The van der Waals surface area contributed by atoms with Crippen LogP contribution in [0.3, 0.4) is 0 Å². The van der Waals surface area contributed by atoms with Crippen LogP contribution in [0.1, 0.15) is 21.5 Å². The van der Waals surface area contributed by atoms with Gasteiger partial charge in [0.2, 0.25) is 0 Å². The average Bonchev–Trinajstić information content (AvgIpc) is 2.70. The van der Waals surface area contributed by atoms with Crippen molar-refractivity contribution in [2.24, 2.45) is 0 Å². The fraction of sp³-hybridized carbons (Fsp3) is 0.143. The van der Waals surface area contributed by atoms with E-state index in [1.165, 1.54) is 0 Å². The summed E-state index contributed by atoms with van der Waals surface area (Å²) in [6.45, 7) is 1.17. The van der Waals surface area contributed by atoms with Crippen molar-refractivity contribution in [3.8, 4) is 5.75 Å². The Morgan fingerprint density at radius 2 is 2.00 bits per heavy atom. The van der Waals surface area contributed by atoms with Crippen LogP contribution < -0.4 is 0 Å². The first-order chi connectivity index (χ1) is 8.74. The van der Waals surface area contributed by atoms with E-state index in [0.29, 0.717) is 18.7 Å². The number of rotatable bonds is 2. The highest BCUT2D eigenvalue weighted by molar-refractivity contribution is 5.97. The summed E-state index contributed by atoms with van der Waals surface area (Å²) in [5, 5.41) is 9.22. The maximum absolute atomic E-state index is 12.1. The number of phenolic OH excluding ortho intramolecular Hbond substituents is 1. The molecule has 1 aliphatic rings. The Morgan fingerprint density at radius 1 is 1.22 bits per heavy atom. The first-order valence-electron chi connectivity index (χ1n) is 5.74. The minimum Gasteiger partial charge on any atom is -0.508 e. The van der Waals surface area contributed by atoms with E-state index in [9.17, 15) is 9.90 Å². The highest BCUT2D eigenvalue weighted by atomic mass is 16.3. The normalized spacial score (nSPS) is 13.8. The summed E-state index contributed by atoms with van der Waals surface area (Å²) >= 11 is 0. The van der Waals surface area contributed by atoms with Gasteiger partial charge in [-0.2, -0.15) is 0 Å². The Labute approximate surface area is 105 Å². The van der Waals surface area contributed by atoms with Crippen molar-refractivity contribution < 1.29 is 9.90 Å². The van der Waals surface area contributed by atoms with E-state index in [-0.39, 0.29) is 11.7 Å². The van der Waals surface area contributed by atoms with Crippen molar-refractivity contribution in [3.63, 3.8) is 0 Å². The van der Waals surface area contributed by atoms with Gasteiger partial charge >= 0.3 is 0 Å². The van der Waals surface area contributed by atoms with Crippen LogP contribution in [0.25, 0.3) is 0 Å². The molecule has 0 radical (unpaired) electrons. The zero-order valence-electron chi connectivity index (χ0n) is 9.71. The van der Waals surface area contributed by atoms with Gasteiger partial charge < -0.3 is 10.0 Å². The number of pyridine rings is 1. The number of benzene rings is 1. The van der Waals surface area contributed by atoms with E-state index in [1.807, 2.05) is 18.2 Å². The molecule has 90 valence electrons. The third-order valence-corrected chi connectivity index (χ3v) is 3.10. The van der Waals surface area contributed by atoms with Crippen molar-refractivity contribution in [3.05, 3.63) is 59.4 Å². The largest absolute Gasteiger partial charge is 0.508 e. The van der Waals surface area contributed by atoms with Crippen LogP contribution in [0, 0.1) is 0 Å². The molecule has 2 aromatic rings. The molecule has 0 spiro atoms. The van der Waals surface area contributed by atoms with Gasteiger partial charge in [-0.25, -0.2) is 0 Å². The van der Waals surface area contributed by atoms with Crippen LogP contribution in [0.2, 0.25) is 0 Å². The van der Waals surface area contributed by atoms with Gasteiger partial charge in [-0.1, -0.05) is 12.1 Å². The molecule has 2 heterocycles. The molecule has 1 aliphatic heterocycles. The predicted octanol–water partition coefficient (Wildman–Crippen LogP) is 1.94. The molecule has 4 heteroatoms. The van der Waals surface area contributed by atoms with Crippen molar-refractivity contribution in [2.45, 2.75) is 13.1 Å². The number of aromatic nitrogens is 1. The van der Waals surface area contributed by atoms with E-state index in [1.54, 1.807) is 29.4 Å². The maximum atomic E-state index is 12.1. The number of nitrogens with zero attached hydrogens (tertiary/aromatic N) is 2. The van der Waals surface area contributed by atoms with Crippen molar-refractivity contribution in [1.29, 1.82) is 0 Å². The second-order valence-electron chi connectivity index (χ2n) is 4.36. The number of hydrogen-bond acceptors (Lipinski definition) is 3. The van der Waals surface area contributed by atoms with Gasteiger partial charge in [-0.05, 0) is 29.3 Å². The molecular formula is C14H12N2O2. The Morgan fingerprint density at radius 3 is 2.72 bits per heavy atom. The minimum atomic E-state index is 0.0196. The number of hydrogen-bond donors (Lipinski definition) is 1. The Kier molecular flexibility index (Phi) is 2.48. The zero-order chi connectivity index (χ0) is 12.5. The highest BCUT2D eigenvalue weighted by Crippen LogP contribution is 2.23. The average molecular weight is 240 g/mol. The topological polar surface area (TPSA) is 53.4 Å². The maximum Gasteiger partial charge on any atom is 0.256 e. The summed E-state index contributed by atoms with van der Waals surface area (Å²) in [4.78, 5) is 17.9. The molecule has 1 N–H and O–H groups in total. The van der Waals surface area contributed by atoms with Gasteiger partial charge in [0.25, 0.3) is 5.91 Å². The van der Waals surface area contributed by atoms with Crippen LogP contribution in [0.5, 0.6) is 5.75 Å². The van der Waals surface area contributed by atoms with Gasteiger partial charge in [0.15, 0.2) is 0 Å². The molecule has 0 saturated heterocycles. The lowest BCUT2D eigenvalue weighted by Crippen LogP contribution is -2.23. The standard InChI is InChI=1S/C14H12N2O2/c17-12-3-1-10(2-4-12)8-16-9-11-5-6-15-7-13(11)14(16)18/h1-7,17H,8-9H2. The fourth-order valence-electron chi connectivity index (χ4n) is 2.15. The monoisotopic (exact) mass is 240 g/mol. The van der Waals surface area contributed by atoms with Gasteiger partial charge in [-0.3, -0.25) is 9.78 Å². The first-order valence-corrected chi connectivity index (χ1v) is 5.74. The van der Waals surface area contributed by atoms with Crippen molar-refractivity contribution >= 4 is 5.91 Å². The predicted molar refractivity (Wildman–Crippen MR) is 65.9 cm³/mol. The molecule has 0 atom stereocenters. The summed E-state index contributed by atoms with van der Waals surface area (Å²) in [6, 6.07) is 8.78. The summed E-state index contributed by atoms with van der Waals surface area (Å²) in [5.74, 6) is 0.255. The number of aromatic hydroxyl groups is 1. The second kappa shape index (κ2) is 4.14. The van der Waals surface area contributed by atoms with E-state index in [4.69, 9.17) is 0 Å². The van der Waals surface area contributed by atoms with Crippen LogP contribution in [0.4, 0.5) is 0 Å². The SMILES string of the molecule is O=C1c2cnccc2CN1Cc1ccc(O)cc1. The highest BCUT2D eigenvalue weighted by Gasteiger charge is 2.26. The number of fused-ring (bicyclic) bond motifs is 1. The second-order valence-corrected chi connectivity index (χ2v) is 4.36. The molecule has 3 rings (SSSR count). The number of carbonyl (C=O) groups is 1. The third-order valence-electron chi connectivity index (χ3n) is 3.10. The molecule has 18 heavy (non-hydrogen) atoms. The van der Waals surface area contributed by atoms with Gasteiger partial charge in [0.05, 0.1) is 5.56 Å². The van der Waals surface area contributed by atoms with Gasteiger partial charge in [0.1, 0.15) is 5.75 Å². The first kappa shape index (κ1) is 10.8. The Bertz CT molecular complexity index is 593. The molecule has 1 aromatic carbocycles. The molecule has 1 amide bonds. The molecule has 0 fully saturated rings. The molecule has 4 nitrogen and oxygen atoms in total. The third kappa shape index (κ3) is 1.82. The lowest BCUT2D eigenvalue weighted by atomic mass is 10.2. The molecule has 1 aromatic heterocycles. The number of amides is 1. The molecule has 0 aliphatic carbocycles. The minimum absolute atomic E-state index is 0.0196. The van der Waals surface area contributed by atoms with Crippen LogP contribution in [-0.2, 0) is 13.1 Å². The van der Waals surface area contributed by atoms with Crippen LogP contribution >= 0.6 is 0 Å². The smallest absolute Gasteiger partial charge is 0.256 e. The van der Waals surface area contributed by atoms with Crippen LogP contribution in [-0.4, -0.2) is 20.9 Å². The lowest BCUT2D eigenvalue weighted by molar-refractivity contribution is 0.0766. The van der Waals surface area contributed by atoms with E-state index >= 15 is 0 Å². The van der Waals surface area contributed by atoms with Crippen molar-refractivity contribution in [2.75, 3.05) is 0 Å². The van der Waals surface area contributed by atoms with E-state index in [0.717, 1.165) is 11.1 Å².